The van der Waals surface area contributed by atoms with E-state index in [4.69, 9.17) is 48.9 Å². The molecule has 2 aromatic heterocycles. The molecule has 0 saturated carbocycles. The molecule has 8 aliphatic rings. The fourth-order valence-corrected chi connectivity index (χ4v) is 14.6. The van der Waals surface area contributed by atoms with Crippen LogP contribution in [0.2, 0.25) is 0 Å². The van der Waals surface area contributed by atoms with E-state index in [1.807, 2.05) is 121 Å². The van der Waals surface area contributed by atoms with Gasteiger partial charge in [-0.15, -0.1) is 0 Å². The molecule has 6 aromatic carbocycles. The van der Waals surface area contributed by atoms with E-state index in [1.165, 1.54) is 0 Å². The van der Waals surface area contributed by atoms with Crippen molar-refractivity contribution in [3.05, 3.63) is 204 Å². The Morgan fingerprint density at radius 3 is 0.831 bits per heavy atom. The molecule has 10 heterocycles. The number of nitrogens with zero attached hydrogens (tertiary/aromatic N) is 10. The van der Waals surface area contributed by atoms with E-state index in [-0.39, 0.29) is 24.2 Å². The third-order valence-electron chi connectivity index (χ3n) is 14.0. The molecule has 15 heteroatoms. The number of fused-ring (bicyclic) bond motifs is 8. The average molecular weight is 1110 g/mol. The molecule has 4 fully saturated rings. The first-order valence-corrected chi connectivity index (χ1v) is 25.8. The van der Waals surface area contributed by atoms with E-state index in [9.17, 15) is 0 Å². The third kappa shape index (κ3) is 5.97. The van der Waals surface area contributed by atoms with Gasteiger partial charge in [-0.3, -0.25) is 0 Å². The molecular formula is C56H36N10O4Pt-2. The van der Waals surface area contributed by atoms with Gasteiger partial charge in [0, 0.05) is 0 Å². The average Bonchev–Trinajstić information content (AvgIpc) is 4.31. The van der Waals surface area contributed by atoms with Gasteiger partial charge in [0.1, 0.15) is 0 Å². The Labute approximate surface area is 414 Å². The molecule has 0 radical (unpaired) electrons. The van der Waals surface area contributed by atoms with Crippen molar-refractivity contribution in [1.29, 1.82) is 0 Å². The summed E-state index contributed by atoms with van der Waals surface area (Å²) < 4.78 is 29.5. The molecular weight excluding hydrogens is 1070 g/mol. The molecule has 4 saturated heterocycles. The first kappa shape index (κ1) is 39.5. The number of hydrogen-bond acceptors (Lipinski definition) is 14. The minimum absolute atomic E-state index is 0.217. The summed E-state index contributed by atoms with van der Waals surface area (Å²) in [5, 5.41) is 0. The van der Waals surface area contributed by atoms with Crippen molar-refractivity contribution in [3.8, 4) is 68.3 Å². The quantitative estimate of drug-likeness (QED) is 0.148. The predicted octanol–water partition coefficient (Wildman–Crippen LogP) is 8.42. The summed E-state index contributed by atoms with van der Waals surface area (Å²) in [5.41, 5.74) is 9.22. The van der Waals surface area contributed by atoms with Gasteiger partial charge in [0.15, 0.2) is 0 Å². The van der Waals surface area contributed by atoms with Crippen LogP contribution in [0.5, 0.6) is 0 Å². The van der Waals surface area contributed by atoms with E-state index >= 15 is 0 Å². The number of benzene rings is 6. The Hall–Kier alpha value is -8.35. The van der Waals surface area contributed by atoms with Gasteiger partial charge in [-0.1, -0.05) is 24.3 Å². The van der Waals surface area contributed by atoms with Crippen molar-refractivity contribution >= 4 is 8.29 Å². The zero-order valence-electron chi connectivity index (χ0n) is 37.4. The maximum absolute atomic E-state index is 6.79. The van der Waals surface area contributed by atoms with Gasteiger partial charge in [-0.2, -0.15) is 0 Å². The molecule has 0 N–H and O–H groups in total. The van der Waals surface area contributed by atoms with Gasteiger partial charge in [0.05, 0.1) is 0 Å². The minimum atomic E-state index is -0.970. The van der Waals surface area contributed by atoms with Crippen LogP contribution >= 0.6 is 0 Å². The second-order valence-corrected chi connectivity index (χ2v) is 20.8. The summed E-state index contributed by atoms with van der Waals surface area (Å²) in [7, 11) is 0. The van der Waals surface area contributed by atoms with Gasteiger partial charge in [-0.25, -0.2) is 0 Å². The SMILES string of the molecule is [c-]1c2cc(-c3nc(-c4ccccc4)nc(-c4ccccc4)n3)cc1C1COC3=C4OCC5c6[c-]c(cc(-c7nc(-c8ccccc8)nc(-c8ccccc8)n7)c6)C6COC7=C8OCC2N8[C](=[Pt]=[C](N31)N45)N76. The molecule has 346 valence electrons. The van der Waals surface area contributed by atoms with E-state index in [0.29, 0.717) is 61.4 Å². The van der Waals surface area contributed by atoms with Crippen molar-refractivity contribution in [2.75, 3.05) is 26.4 Å². The molecule has 4 unspecified atom stereocenters. The molecule has 0 spiro atoms. The Kier molecular flexibility index (Phi) is 8.38. The van der Waals surface area contributed by atoms with Crippen molar-refractivity contribution in [2.24, 2.45) is 0 Å². The van der Waals surface area contributed by atoms with Crippen LogP contribution in [0.1, 0.15) is 46.4 Å². The van der Waals surface area contributed by atoms with Crippen LogP contribution in [-0.4, -0.2) is 84.2 Å². The van der Waals surface area contributed by atoms with Crippen LogP contribution in [0.4, 0.5) is 0 Å². The maximum atomic E-state index is 6.79. The molecule has 8 aliphatic heterocycles. The summed E-state index contributed by atoms with van der Waals surface area (Å²) in [6.45, 7) is 1.66. The van der Waals surface area contributed by atoms with E-state index < -0.39 is 17.6 Å². The fourth-order valence-electron chi connectivity index (χ4n) is 10.7. The standard InChI is InChI=1S/C56H36N10O4.Pt/c1-5-13-33(14-6-1)47-57-48(34-15-7-2-8-16-34)60-51(59-47)41-23-37-21-38(24-41)44-28-68-54-56-66(32-64(44)54)46(30-70-56)40-22-39(45-29-69-55-53-63(31-65(45)55)43(37)27-67-53)25-42(26-40)52-61-49(35-17-9-3-10-18-35)58-50(62-52)36-19-11-4-12-20-36;/h1-20,23-26,43-46H,27-30H2;/q-2;. The predicted molar refractivity (Wildman–Crippen MR) is 256 cm³/mol. The van der Waals surface area contributed by atoms with E-state index in [0.717, 1.165) is 87.5 Å². The summed E-state index contributed by atoms with van der Waals surface area (Å²) in [5.74, 6) is 6.41. The molecule has 8 aromatic rings. The van der Waals surface area contributed by atoms with Gasteiger partial charge >= 0.3 is 393 Å². The van der Waals surface area contributed by atoms with Crippen molar-refractivity contribution < 1.29 is 36.6 Å². The number of hydrogen-bond donors (Lipinski definition) is 0. The molecule has 4 atom stereocenters. The second kappa shape index (κ2) is 15.1. The van der Waals surface area contributed by atoms with Crippen molar-refractivity contribution in [1.82, 2.24) is 49.5 Å². The summed E-state index contributed by atoms with van der Waals surface area (Å²) in [6.07, 6.45) is 0. The van der Waals surface area contributed by atoms with Crippen LogP contribution in [-0.2, 0) is 36.6 Å². The van der Waals surface area contributed by atoms with Crippen molar-refractivity contribution in [2.45, 2.75) is 24.2 Å². The van der Waals surface area contributed by atoms with Gasteiger partial charge in [0.2, 0.25) is 0 Å². The molecule has 0 aliphatic carbocycles. The molecule has 14 nitrogen and oxygen atoms in total. The summed E-state index contributed by atoms with van der Waals surface area (Å²) >= 11 is -0.970. The topological polar surface area (TPSA) is 127 Å². The summed E-state index contributed by atoms with van der Waals surface area (Å²) in [4.78, 5) is 40.2. The molecule has 16 rings (SSSR count). The van der Waals surface area contributed by atoms with Crippen LogP contribution in [0, 0.1) is 12.1 Å². The molecule has 0 amide bonds. The van der Waals surface area contributed by atoms with E-state index in [1.54, 1.807) is 0 Å². The van der Waals surface area contributed by atoms with Gasteiger partial charge in [0.25, 0.3) is 0 Å². The molecule has 6 bridgehead atoms. The number of aromatic nitrogens is 6. The molecule has 71 heavy (non-hydrogen) atoms. The Balaban J connectivity index is 0.881. The monoisotopic (exact) mass is 1110 g/mol. The van der Waals surface area contributed by atoms with Crippen LogP contribution < -0.4 is 0 Å². The third-order valence-corrected chi connectivity index (χ3v) is 17.3. The normalized spacial score (nSPS) is 21.5. The zero-order valence-corrected chi connectivity index (χ0v) is 39.7. The Bertz CT molecular complexity index is 3270. The Morgan fingerprint density at radius 2 is 0.577 bits per heavy atom. The fraction of sp³-hybridized carbons (Fsp3) is 0.143. The summed E-state index contributed by atoms with van der Waals surface area (Å²) in [6, 6.07) is 56.0. The zero-order chi connectivity index (χ0) is 46.3. The van der Waals surface area contributed by atoms with Crippen LogP contribution in [0.3, 0.4) is 0 Å². The first-order chi connectivity index (χ1) is 35.1. The number of ether oxygens (including phenoxy) is 4. The number of rotatable bonds is 6. The second-order valence-electron chi connectivity index (χ2n) is 18.2. The van der Waals surface area contributed by atoms with E-state index in [2.05, 4.69) is 56.0 Å². The van der Waals surface area contributed by atoms with Gasteiger partial charge in [-0.05, 0) is 0 Å². The Morgan fingerprint density at radius 1 is 0.338 bits per heavy atom. The first-order valence-electron chi connectivity index (χ1n) is 23.5. The van der Waals surface area contributed by atoms with Crippen molar-refractivity contribution in [3.63, 3.8) is 0 Å². The van der Waals surface area contributed by atoms with Gasteiger partial charge < -0.3 is 0 Å². The van der Waals surface area contributed by atoms with Crippen LogP contribution in [0.15, 0.2) is 169 Å². The van der Waals surface area contributed by atoms with Crippen LogP contribution in [0.25, 0.3) is 68.3 Å².